The molecule has 1 unspecified atom stereocenters. The molecule has 24 heavy (non-hydrogen) atoms. The molecule has 2 aliphatic heterocycles. The van der Waals surface area contributed by atoms with Gasteiger partial charge in [0.05, 0.1) is 29.7 Å². The maximum atomic E-state index is 12.8. The Morgan fingerprint density at radius 1 is 1.42 bits per heavy atom. The van der Waals surface area contributed by atoms with Crippen LogP contribution in [-0.2, 0) is 14.3 Å². The second-order valence-corrected chi connectivity index (χ2v) is 6.06. The van der Waals surface area contributed by atoms with E-state index in [0.717, 1.165) is 4.90 Å². The van der Waals surface area contributed by atoms with Gasteiger partial charge in [-0.3, -0.25) is 4.79 Å². The van der Waals surface area contributed by atoms with Crippen LogP contribution in [0.1, 0.15) is 19.3 Å². The standard InChI is InChI=1S/C14H16F3NO5.Na/c1-23-6-4-2-3-5-7(6)10(13(21)22)18-9(5)8(12(18)20)11(19)14(15,16)17;/h5-6,8-9,11,19H,2-4H2,1H3,(H,21,22);/q;+1/p-1/t5?,6-,8-,9+,11-;/m0./s1. The van der Waals surface area contributed by atoms with Crippen LogP contribution in [0.15, 0.2) is 11.3 Å². The fraction of sp³-hybridized carbons (Fsp3) is 0.714. The average molecular weight is 357 g/mol. The Morgan fingerprint density at radius 3 is 2.54 bits per heavy atom. The number of β-lactam (4-membered cyclic amide) rings is 1. The first kappa shape index (κ1) is 19.7. The molecule has 5 atom stereocenters. The molecule has 6 nitrogen and oxygen atoms in total. The third-order valence-corrected chi connectivity index (χ3v) is 5.00. The molecule has 3 rings (SSSR count). The minimum absolute atomic E-state index is 0. The predicted octanol–water partition coefficient (Wildman–Crippen LogP) is -3.43. The SMILES string of the molecule is CO[C@H]1CCCC2C1=C(C(=O)[O-])N1C(=O)[C@H]([C@H](O)C(F)(F)F)[C@@H]21.[Na+]. The van der Waals surface area contributed by atoms with Gasteiger partial charge in [-0.25, -0.2) is 0 Å². The first-order chi connectivity index (χ1) is 10.7. The van der Waals surface area contributed by atoms with Crippen LogP contribution in [0.3, 0.4) is 0 Å². The number of aliphatic hydroxyl groups is 1. The summed E-state index contributed by atoms with van der Waals surface area (Å²) in [7, 11) is 1.38. The van der Waals surface area contributed by atoms with Gasteiger partial charge in [-0.2, -0.15) is 13.2 Å². The van der Waals surface area contributed by atoms with E-state index < -0.39 is 48.1 Å². The van der Waals surface area contributed by atoms with Crippen LogP contribution in [0, 0.1) is 11.8 Å². The van der Waals surface area contributed by atoms with E-state index >= 15 is 0 Å². The van der Waals surface area contributed by atoms with E-state index in [0.29, 0.717) is 24.8 Å². The fourth-order valence-electron chi connectivity index (χ4n) is 4.10. The van der Waals surface area contributed by atoms with Crippen LogP contribution >= 0.6 is 0 Å². The molecule has 2 fully saturated rings. The predicted molar refractivity (Wildman–Crippen MR) is 66.4 cm³/mol. The Morgan fingerprint density at radius 2 is 2.04 bits per heavy atom. The van der Waals surface area contributed by atoms with E-state index in [-0.39, 0.29) is 35.3 Å². The van der Waals surface area contributed by atoms with E-state index in [4.69, 9.17) is 4.74 Å². The number of carbonyl (C=O) groups excluding carboxylic acids is 2. The summed E-state index contributed by atoms with van der Waals surface area (Å²) in [4.78, 5) is 24.3. The van der Waals surface area contributed by atoms with Crippen molar-refractivity contribution in [2.75, 3.05) is 7.11 Å². The number of fused-ring (bicyclic) bond motifs is 3. The third kappa shape index (κ3) is 2.70. The first-order valence-electron chi connectivity index (χ1n) is 7.26. The van der Waals surface area contributed by atoms with Crippen molar-refractivity contribution in [3.05, 3.63) is 11.3 Å². The molecule has 0 radical (unpaired) electrons. The van der Waals surface area contributed by atoms with Gasteiger partial charge in [-0.05, 0) is 24.8 Å². The molecular weight excluding hydrogens is 342 g/mol. The van der Waals surface area contributed by atoms with Gasteiger partial charge in [0.2, 0.25) is 5.91 Å². The van der Waals surface area contributed by atoms with Crippen LogP contribution in [0.5, 0.6) is 0 Å². The number of ether oxygens (including phenoxy) is 1. The normalized spacial score (nSPS) is 33.4. The summed E-state index contributed by atoms with van der Waals surface area (Å²) < 4.78 is 43.6. The number of rotatable bonds is 3. The molecule has 1 N–H and O–H groups in total. The first-order valence-corrected chi connectivity index (χ1v) is 7.26. The number of carboxylic acids is 1. The Hall–Kier alpha value is -0.610. The van der Waals surface area contributed by atoms with Gasteiger partial charge in [0.1, 0.15) is 0 Å². The fourth-order valence-corrected chi connectivity index (χ4v) is 4.10. The number of nitrogens with zero attached hydrogens (tertiary/aromatic N) is 1. The minimum Gasteiger partial charge on any atom is -0.543 e. The summed E-state index contributed by atoms with van der Waals surface area (Å²) in [6.07, 6.45) is -6.70. The molecule has 3 aliphatic rings. The molecule has 0 spiro atoms. The number of hydrogen-bond donors (Lipinski definition) is 1. The monoisotopic (exact) mass is 357 g/mol. The molecule has 1 saturated carbocycles. The maximum absolute atomic E-state index is 12.8. The Bertz CT molecular complexity index is 593. The second kappa shape index (κ2) is 6.60. The van der Waals surface area contributed by atoms with Gasteiger partial charge >= 0.3 is 35.7 Å². The van der Waals surface area contributed by atoms with Crippen LogP contribution in [0.2, 0.25) is 0 Å². The van der Waals surface area contributed by atoms with Crippen LogP contribution < -0.4 is 34.7 Å². The van der Waals surface area contributed by atoms with Crippen molar-refractivity contribution in [3.8, 4) is 0 Å². The Kier molecular flexibility index (Phi) is 5.42. The number of halogens is 3. The van der Waals surface area contributed by atoms with Crippen molar-refractivity contribution in [2.45, 2.75) is 43.7 Å². The third-order valence-electron chi connectivity index (χ3n) is 5.00. The summed E-state index contributed by atoms with van der Waals surface area (Å²) in [5.41, 5.74) is -0.0730. The van der Waals surface area contributed by atoms with E-state index in [1.807, 2.05) is 0 Å². The zero-order chi connectivity index (χ0) is 17.1. The van der Waals surface area contributed by atoms with Crippen molar-refractivity contribution in [1.82, 2.24) is 4.90 Å². The van der Waals surface area contributed by atoms with Crippen molar-refractivity contribution in [3.63, 3.8) is 0 Å². The second-order valence-electron chi connectivity index (χ2n) is 6.06. The van der Waals surface area contributed by atoms with Crippen molar-refractivity contribution >= 4 is 11.9 Å². The minimum atomic E-state index is -4.94. The quantitative estimate of drug-likeness (QED) is 0.420. The van der Waals surface area contributed by atoms with E-state index in [2.05, 4.69) is 0 Å². The number of carboxylic acid groups (broad SMARTS) is 1. The van der Waals surface area contributed by atoms with Gasteiger partial charge in [-0.15, -0.1) is 0 Å². The molecule has 1 aliphatic carbocycles. The summed E-state index contributed by atoms with van der Waals surface area (Å²) >= 11 is 0. The number of aliphatic carboxylic acids is 1. The molecule has 1 amide bonds. The van der Waals surface area contributed by atoms with E-state index in [1.54, 1.807) is 0 Å². The Labute approximate surface area is 157 Å². The van der Waals surface area contributed by atoms with Crippen LogP contribution in [0.25, 0.3) is 0 Å². The molecule has 10 heteroatoms. The van der Waals surface area contributed by atoms with Gasteiger partial charge in [0.15, 0.2) is 6.10 Å². The molecule has 1 saturated heterocycles. The number of alkyl halides is 3. The zero-order valence-corrected chi connectivity index (χ0v) is 15.2. The summed E-state index contributed by atoms with van der Waals surface area (Å²) in [6, 6.07) is -1.00. The molecule has 2 heterocycles. The van der Waals surface area contributed by atoms with Gasteiger partial charge in [0.25, 0.3) is 0 Å². The molecule has 0 bridgehead atoms. The smallest absolute Gasteiger partial charge is 0.543 e. The van der Waals surface area contributed by atoms with Crippen molar-refractivity contribution in [2.24, 2.45) is 11.8 Å². The molecule has 0 aromatic heterocycles. The van der Waals surface area contributed by atoms with E-state index in [9.17, 15) is 33.0 Å². The van der Waals surface area contributed by atoms with Gasteiger partial charge in [-0.1, -0.05) is 0 Å². The topological polar surface area (TPSA) is 89.9 Å². The van der Waals surface area contributed by atoms with Crippen LogP contribution in [0.4, 0.5) is 13.2 Å². The summed E-state index contributed by atoms with van der Waals surface area (Å²) in [5, 5.41) is 20.9. The number of carbonyl (C=O) groups is 2. The Balaban J connectivity index is 0.00000208. The number of amides is 1. The molecule has 128 valence electrons. The molecule has 0 aromatic carbocycles. The molecule has 0 aromatic rings. The van der Waals surface area contributed by atoms with Gasteiger partial charge < -0.3 is 24.6 Å². The van der Waals surface area contributed by atoms with Crippen molar-refractivity contribution < 1.29 is 67.3 Å². The number of methoxy groups -OCH3 is 1. The summed E-state index contributed by atoms with van der Waals surface area (Å²) in [5.74, 6) is -4.87. The van der Waals surface area contributed by atoms with Gasteiger partial charge in [0, 0.05) is 13.0 Å². The maximum Gasteiger partial charge on any atom is 1.00 e. The average Bonchev–Trinajstić information content (AvgIpc) is 2.77. The number of aliphatic hydroxyl groups excluding tert-OH is 1. The molecular formula is C14H15F3NNaO5. The zero-order valence-electron chi connectivity index (χ0n) is 13.2. The summed E-state index contributed by atoms with van der Waals surface area (Å²) in [6.45, 7) is 0. The van der Waals surface area contributed by atoms with Crippen LogP contribution in [-0.4, -0.2) is 53.4 Å². The van der Waals surface area contributed by atoms with E-state index in [1.165, 1.54) is 7.11 Å². The number of hydrogen-bond acceptors (Lipinski definition) is 5. The van der Waals surface area contributed by atoms with Crippen molar-refractivity contribution in [1.29, 1.82) is 0 Å². The largest absolute Gasteiger partial charge is 1.00 e.